The summed E-state index contributed by atoms with van der Waals surface area (Å²) in [6, 6.07) is 16.9. The first kappa shape index (κ1) is 23.4. The molecule has 0 unspecified atom stereocenters. The van der Waals surface area contributed by atoms with Gasteiger partial charge in [0, 0.05) is 12.2 Å². The topological polar surface area (TPSA) is 92.8 Å². The number of fused-ring (bicyclic) bond motifs is 1. The number of carbonyl (C=O) groups is 2. The van der Waals surface area contributed by atoms with Gasteiger partial charge in [0.1, 0.15) is 5.82 Å². The number of nitrogens with one attached hydrogen (secondary N) is 1. The number of carbonyl (C=O) groups excluding carboxylic acids is 2. The molecule has 0 fully saturated rings. The molecule has 1 amide bonds. The molecule has 34 heavy (non-hydrogen) atoms. The van der Waals surface area contributed by atoms with E-state index in [9.17, 15) is 22.4 Å². The van der Waals surface area contributed by atoms with Crippen LogP contribution in [0.2, 0.25) is 0 Å². The van der Waals surface area contributed by atoms with E-state index in [1.165, 1.54) is 25.1 Å². The van der Waals surface area contributed by atoms with Crippen molar-refractivity contribution in [3.8, 4) is 0 Å². The first-order chi connectivity index (χ1) is 16.3. The number of aryl methyl sites for hydroxylation is 2. The molecule has 1 aliphatic rings. The molecule has 0 saturated heterocycles. The zero-order valence-electron chi connectivity index (χ0n) is 18.5. The Morgan fingerprint density at radius 1 is 1.06 bits per heavy atom. The van der Waals surface area contributed by atoms with Gasteiger partial charge in [0.2, 0.25) is 0 Å². The van der Waals surface area contributed by atoms with E-state index in [0.29, 0.717) is 6.54 Å². The molecule has 1 N–H and O–H groups in total. The average Bonchev–Trinajstić information content (AvgIpc) is 2.83. The molecular weight excluding hydrogens is 459 g/mol. The lowest BCUT2D eigenvalue weighted by Crippen LogP contribution is -2.38. The van der Waals surface area contributed by atoms with Crippen molar-refractivity contribution in [3.05, 3.63) is 89.2 Å². The van der Waals surface area contributed by atoms with E-state index in [0.717, 1.165) is 36.2 Å². The predicted molar refractivity (Wildman–Crippen MR) is 126 cm³/mol. The fraction of sp³-hybridized carbons (Fsp3) is 0.200. The second-order valence-corrected chi connectivity index (χ2v) is 9.60. The summed E-state index contributed by atoms with van der Waals surface area (Å²) in [6.07, 6.45) is 1.69. The molecule has 7 nitrogen and oxygen atoms in total. The van der Waals surface area contributed by atoms with E-state index in [2.05, 4.69) is 4.72 Å². The Balaban J connectivity index is 1.48. The molecule has 0 atom stereocenters. The van der Waals surface area contributed by atoms with Crippen LogP contribution in [0.4, 0.5) is 15.8 Å². The van der Waals surface area contributed by atoms with Gasteiger partial charge >= 0.3 is 5.97 Å². The monoisotopic (exact) mass is 482 g/mol. The number of esters is 1. The zero-order valence-corrected chi connectivity index (χ0v) is 19.3. The Morgan fingerprint density at radius 3 is 2.59 bits per heavy atom. The highest BCUT2D eigenvalue weighted by Gasteiger charge is 2.25. The molecule has 0 bridgehead atoms. The van der Waals surface area contributed by atoms with Crippen LogP contribution in [-0.2, 0) is 26.0 Å². The van der Waals surface area contributed by atoms with Crippen molar-refractivity contribution in [3.63, 3.8) is 0 Å². The predicted octanol–water partition coefficient (Wildman–Crippen LogP) is 4.07. The lowest BCUT2D eigenvalue weighted by atomic mass is 10.0. The summed E-state index contributed by atoms with van der Waals surface area (Å²) in [7, 11) is -4.09. The van der Waals surface area contributed by atoms with E-state index in [-0.39, 0.29) is 27.6 Å². The lowest BCUT2D eigenvalue weighted by molar-refractivity contribution is -0.121. The Morgan fingerprint density at radius 2 is 1.79 bits per heavy atom. The third-order valence-corrected chi connectivity index (χ3v) is 6.93. The minimum absolute atomic E-state index is 0.00903. The summed E-state index contributed by atoms with van der Waals surface area (Å²) in [5.41, 5.74) is 1.98. The van der Waals surface area contributed by atoms with Gasteiger partial charge in [-0.05, 0) is 67.3 Å². The Labute approximate surface area is 197 Å². The number of benzene rings is 3. The number of rotatable bonds is 6. The average molecular weight is 483 g/mol. The standard InChI is InChI=1S/C25H23FN2O5S/c1-17-15-19(12-13-21(17)26)34(31,32)27-22-10-4-3-9-20(22)25(30)33-16-24(29)28-14-6-8-18-7-2-5-11-23(18)28/h2-5,7,9-13,15,27H,6,8,14,16H2,1H3. The number of hydrogen-bond donors (Lipinski definition) is 1. The quantitative estimate of drug-likeness (QED) is 0.535. The molecule has 0 saturated carbocycles. The number of amides is 1. The number of anilines is 2. The molecule has 1 heterocycles. The van der Waals surface area contributed by atoms with Gasteiger partial charge in [-0.25, -0.2) is 17.6 Å². The molecule has 4 rings (SSSR count). The number of para-hydroxylation sites is 2. The summed E-state index contributed by atoms with van der Waals surface area (Å²) in [6.45, 7) is 1.50. The maximum atomic E-state index is 13.5. The Kier molecular flexibility index (Phi) is 6.65. The van der Waals surface area contributed by atoms with Gasteiger partial charge < -0.3 is 9.64 Å². The van der Waals surface area contributed by atoms with Crippen LogP contribution in [0.3, 0.4) is 0 Å². The number of sulfonamides is 1. The normalized spacial score (nSPS) is 13.2. The summed E-state index contributed by atoms with van der Waals surface area (Å²) >= 11 is 0. The van der Waals surface area contributed by atoms with Crippen molar-refractivity contribution >= 4 is 33.3 Å². The van der Waals surface area contributed by atoms with Crippen molar-refractivity contribution in [1.82, 2.24) is 0 Å². The molecule has 0 radical (unpaired) electrons. The highest BCUT2D eigenvalue weighted by Crippen LogP contribution is 2.27. The summed E-state index contributed by atoms with van der Waals surface area (Å²) in [4.78, 5) is 27.0. The van der Waals surface area contributed by atoms with Gasteiger partial charge in [-0.15, -0.1) is 0 Å². The van der Waals surface area contributed by atoms with Gasteiger partial charge in [0.25, 0.3) is 15.9 Å². The second kappa shape index (κ2) is 9.64. The van der Waals surface area contributed by atoms with Gasteiger partial charge in [-0.3, -0.25) is 9.52 Å². The van der Waals surface area contributed by atoms with Gasteiger partial charge in [0.15, 0.2) is 6.61 Å². The van der Waals surface area contributed by atoms with Crippen LogP contribution in [0.5, 0.6) is 0 Å². The smallest absolute Gasteiger partial charge is 0.340 e. The number of nitrogens with zero attached hydrogens (tertiary/aromatic N) is 1. The molecule has 0 aromatic heterocycles. The summed E-state index contributed by atoms with van der Waals surface area (Å²) in [5, 5.41) is 0. The molecule has 9 heteroatoms. The fourth-order valence-electron chi connectivity index (χ4n) is 3.81. The van der Waals surface area contributed by atoms with Crippen LogP contribution >= 0.6 is 0 Å². The minimum atomic E-state index is -4.09. The van der Waals surface area contributed by atoms with E-state index in [4.69, 9.17) is 4.74 Å². The van der Waals surface area contributed by atoms with Gasteiger partial charge in [-0.2, -0.15) is 0 Å². The lowest BCUT2D eigenvalue weighted by Gasteiger charge is -2.29. The fourth-order valence-corrected chi connectivity index (χ4v) is 4.98. The third-order valence-electron chi connectivity index (χ3n) is 5.57. The third kappa shape index (κ3) is 4.94. The van der Waals surface area contributed by atoms with Crippen LogP contribution in [0, 0.1) is 12.7 Å². The van der Waals surface area contributed by atoms with Crippen molar-refractivity contribution < 1.29 is 27.1 Å². The van der Waals surface area contributed by atoms with Crippen LogP contribution in [0.25, 0.3) is 0 Å². The number of hydrogen-bond acceptors (Lipinski definition) is 5. The summed E-state index contributed by atoms with van der Waals surface area (Å²) in [5.74, 6) is -1.73. The Hall–Kier alpha value is -3.72. The van der Waals surface area contributed by atoms with Crippen molar-refractivity contribution in [2.45, 2.75) is 24.7 Å². The highest BCUT2D eigenvalue weighted by molar-refractivity contribution is 7.92. The molecule has 176 valence electrons. The van der Waals surface area contributed by atoms with Crippen molar-refractivity contribution in [1.29, 1.82) is 0 Å². The van der Waals surface area contributed by atoms with Crippen molar-refractivity contribution in [2.24, 2.45) is 0 Å². The molecule has 3 aromatic carbocycles. The van der Waals surface area contributed by atoms with Crippen molar-refractivity contribution in [2.75, 3.05) is 22.8 Å². The van der Waals surface area contributed by atoms with E-state index >= 15 is 0 Å². The molecule has 0 aliphatic carbocycles. The largest absolute Gasteiger partial charge is 0.452 e. The maximum Gasteiger partial charge on any atom is 0.340 e. The first-order valence-electron chi connectivity index (χ1n) is 10.7. The summed E-state index contributed by atoms with van der Waals surface area (Å²) < 4.78 is 46.7. The molecule has 0 spiro atoms. The Bertz CT molecular complexity index is 1360. The zero-order chi connectivity index (χ0) is 24.3. The van der Waals surface area contributed by atoms with E-state index < -0.39 is 28.4 Å². The second-order valence-electron chi connectivity index (χ2n) is 7.92. The minimum Gasteiger partial charge on any atom is -0.452 e. The first-order valence-corrected chi connectivity index (χ1v) is 12.2. The molecule has 3 aromatic rings. The van der Waals surface area contributed by atoms with Gasteiger partial charge in [0.05, 0.1) is 16.1 Å². The SMILES string of the molecule is Cc1cc(S(=O)(=O)Nc2ccccc2C(=O)OCC(=O)N2CCCc3ccccc32)ccc1F. The van der Waals surface area contributed by atoms with Gasteiger partial charge in [-0.1, -0.05) is 30.3 Å². The van der Waals surface area contributed by atoms with Crippen LogP contribution in [0.15, 0.2) is 71.6 Å². The van der Waals surface area contributed by atoms with E-state index in [1.54, 1.807) is 17.0 Å². The maximum absolute atomic E-state index is 13.5. The van der Waals surface area contributed by atoms with Crippen LogP contribution in [0.1, 0.15) is 27.9 Å². The molecular formula is C25H23FN2O5S. The van der Waals surface area contributed by atoms with Crippen LogP contribution < -0.4 is 9.62 Å². The number of ether oxygens (including phenoxy) is 1. The van der Waals surface area contributed by atoms with E-state index in [1.807, 2.05) is 24.3 Å². The highest BCUT2D eigenvalue weighted by atomic mass is 32.2. The molecule has 1 aliphatic heterocycles. The van der Waals surface area contributed by atoms with Crippen LogP contribution in [-0.4, -0.2) is 33.4 Å². The number of halogens is 1.